The lowest BCUT2D eigenvalue weighted by molar-refractivity contribution is -0.142. The van der Waals surface area contributed by atoms with Crippen molar-refractivity contribution in [1.82, 2.24) is 50.1 Å². The molecule has 36 heteroatoms. The van der Waals surface area contributed by atoms with Crippen molar-refractivity contribution >= 4 is 198 Å². The second-order valence-electron chi connectivity index (χ2n) is 19.1. The van der Waals surface area contributed by atoms with Crippen molar-refractivity contribution in [3.8, 4) is 0 Å². The smallest absolute Gasteiger partial charge is 0.354 e. The summed E-state index contributed by atoms with van der Waals surface area (Å²) in [5.74, 6) is -2.03. The highest BCUT2D eigenvalue weighted by atomic mass is 79.9. The van der Waals surface area contributed by atoms with E-state index in [9.17, 15) is 33.9 Å². The second kappa shape index (κ2) is 52.5. The number of Topliss-reactive ketones (excluding diaryl/α,β-unsaturated/α-hetero) is 1. The van der Waals surface area contributed by atoms with E-state index in [2.05, 4.69) is 167 Å². The molecule has 7 rings (SSSR count). The number of hydrogen-bond donors (Lipinski definition) is 4. The maximum atomic E-state index is 11.9. The van der Waals surface area contributed by atoms with E-state index < -0.39 is 23.9 Å². The van der Waals surface area contributed by atoms with E-state index in [0.717, 1.165) is 71.0 Å². The number of carboxylic acids is 1. The summed E-state index contributed by atoms with van der Waals surface area (Å²) in [6, 6.07) is 12.4. The maximum Gasteiger partial charge on any atom is 0.354 e. The van der Waals surface area contributed by atoms with E-state index in [1.165, 1.54) is 60.8 Å². The fraction of sp³-hybridized carbons (Fsp3) is 0.349. The molecule has 0 bridgehead atoms. The zero-order valence-corrected chi connectivity index (χ0v) is 70.9. The van der Waals surface area contributed by atoms with Gasteiger partial charge in [0.05, 0.1) is 57.4 Å². The lowest BCUT2D eigenvalue weighted by atomic mass is 10.1. The molecule has 2 atom stereocenters. The zero-order valence-electron chi connectivity index (χ0n) is 55.9. The van der Waals surface area contributed by atoms with Gasteiger partial charge in [-0.25, -0.2) is 39.9 Å². The highest BCUT2D eigenvalue weighted by Gasteiger charge is 2.21. The molecule has 7 aromatic rings. The number of esters is 1. The van der Waals surface area contributed by atoms with Gasteiger partial charge in [0.25, 0.3) is 17.7 Å². The van der Waals surface area contributed by atoms with Crippen LogP contribution in [-0.2, 0) is 59.8 Å². The van der Waals surface area contributed by atoms with E-state index in [1.54, 1.807) is 84.1 Å². The molecule has 0 saturated heterocycles. The van der Waals surface area contributed by atoms with Gasteiger partial charge in [0, 0.05) is 151 Å². The molecule has 0 aliphatic heterocycles. The number of ether oxygens (including phenoxy) is 2. The molecule has 544 valence electrons. The maximum absolute atomic E-state index is 11.9. The van der Waals surface area contributed by atoms with Crippen molar-refractivity contribution in [2.24, 2.45) is 0 Å². The number of ketones is 1. The Balaban J connectivity index is 0. The Morgan fingerprint density at radius 2 is 0.838 bits per heavy atom. The van der Waals surface area contributed by atoms with Gasteiger partial charge in [0.1, 0.15) is 29.4 Å². The summed E-state index contributed by atoms with van der Waals surface area (Å²) in [4.78, 5) is 110. The molecule has 7 heterocycles. The summed E-state index contributed by atoms with van der Waals surface area (Å²) in [5, 5.41) is 39.4. The Bertz CT molecular complexity index is 3650. The number of aromatic nitrogens is 7. The fourth-order valence-corrected chi connectivity index (χ4v) is 10.5. The van der Waals surface area contributed by atoms with E-state index in [-0.39, 0.29) is 66.6 Å². The van der Waals surface area contributed by atoms with Crippen LogP contribution in [0.4, 0.5) is 0 Å². The summed E-state index contributed by atoms with van der Waals surface area (Å²) >= 11 is 37.7. The first-order valence-corrected chi connectivity index (χ1v) is 35.7. The molecule has 0 aliphatic carbocycles. The third kappa shape index (κ3) is 36.5. The number of hydrogen-bond acceptors (Lipinski definition) is 21. The number of carboxylic acid groups (broad SMARTS) is 1. The van der Waals surface area contributed by atoms with E-state index >= 15 is 0 Å². The number of carbonyl (C=O) groups excluding carboxylic acids is 5. The minimum absolute atomic E-state index is 0. The van der Waals surface area contributed by atoms with Gasteiger partial charge in [-0.05, 0) is 211 Å². The Morgan fingerprint density at radius 3 is 1.17 bits per heavy atom. The van der Waals surface area contributed by atoms with Crippen LogP contribution in [0.5, 0.6) is 0 Å². The standard InChI is InChI=1S/C11H13BrN2O4.C9H10Br2N2O2.C9H11BrN2O2.C8H8BrCl2N.C8H10BrNO2.C8H8BrNO2.C7H6BrNO2.C3H8O.ClH/c1-7(15)18-6-8-4-9(12)5-13-10(8)11(16)14(2)17-3;1-13(15-2)9(14)8-6(4-10)3-7(11)5-12-8;1-6-4-7(10)5-11-8(6)9(13)12(2)14-3;1-5(11)8-6(3-10)2-7(9)4-12-8;2*1-5(12)8-6(4-11)2-7(9)3-10-8;1-4-2-5(8)3-9-6(4)7(10)11;1-3-4-2;/h4-5H,6H2,1-3H3;3,5H,4H2,1-2H3;4-5H,1-3H3;2,4-5H,3H2,1H3;2-3,5,11-12H,4H2,1H3;2-3,11H,4H2,1H3;2-3H,1H3,(H,10,11);3H2,1-2H3;1H. The first-order valence-electron chi connectivity index (χ1n) is 28.0. The molecule has 4 N–H and O–H groups in total. The molecular formula is C63H75Br8Cl3N10O15. The lowest BCUT2D eigenvalue weighted by Crippen LogP contribution is -2.27. The zero-order chi connectivity index (χ0) is 75.1. The van der Waals surface area contributed by atoms with Crippen molar-refractivity contribution in [3.05, 3.63) is 196 Å². The molecule has 0 aromatic carbocycles. The van der Waals surface area contributed by atoms with Crippen LogP contribution in [0.2, 0.25) is 0 Å². The number of pyridine rings is 7. The topological polar surface area (TPSA) is 329 Å². The van der Waals surface area contributed by atoms with Crippen LogP contribution in [0.1, 0.15) is 149 Å². The van der Waals surface area contributed by atoms with Gasteiger partial charge in [0.2, 0.25) is 0 Å². The van der Waals surface area contributed by atoms with Crippen LogP contribution < -0.4 is 0 Å². The molecule has 99 heavy (non-hydrogen) atoms. The molecule has 0 radical (unpaired) electrons. The number of nitrogens with zero attached hydrogens (tertiary/aromatic N) is 10. The van der Waals surface area contributed by atoms with Crippen LogP contribution in [0.15, 0.2) is 117 Å². The van der Waals surface area contributed by atoms with Crippen LogP contribution in [0, 0.1) is 13.8 Å². The number of alkyl halides is 3. The Hall–Kier alpha value is -4.50. The average Bonchev–Trinajstić information content (AvgIpc) is 0.865. The number of aliphatic hydroxyl groups is 3. The van der Waals surface area contributed by atoms with Gasteiger partial charge >= 0.3 is 11.9 Å². The summed E-state index contributed by atoms with van der Waals surface area (Å²) in [6.07, 6.45) is 10.4. The van der Waals surface area contributed by atoms with Crippen LogP contribution in [0.25, 0.3) is 0 Å². The van der Waals surface area contributed by atoms with E-state index in [4.69, 9.17) is 57.8 Å². The monoisotopic (exact) mass is 1950 g/mol. The first kappa shape index (κ1) is 96.6. The highest BCUT2D eigenvalue weighted by molar-refractivity contribution is 9.11. The number of rotatable bonds is 17. The van der Waals surface area contributed by atoms with Crippen molar-refractivity contribution in [3.63, 3.8) is 0 Å². The molecule has 25 nitrogen and oxygen atoms in total. The third-order valence-corrected chi connectivity index (χ3v) is 15.9. The normalized spacial score (nSPS) is 10.5. The van der Waals surface area contributed by atoms with Crippen LogP contribution in [0.3, 0.4) is 0 Å². The van der Waals surface area contributed by atoms with Gasteiger partial charge < -0.3 is 29.9 Å². The summed E-state index contributed by atoms with van der Waals surface area (Å²) < 4.78 is 15.1. The Kier molecular flexibility index (Phi) is 51.2. The Morgan fingerprint density at radius 1 is 0.515 bits per heavy atom. The molecular weight excluding hydrogens is 1880 g/mol. The number of aromatic carboxylic acids is 1. The van der Waals surface area contributed by atoms with Crippen molar-refractivity contribution in [2.75, 3.05) is 56.2 Å². The highest BCUT2D eigenvalue weighted by Crippen LogP contribution is 2.26. The summed E-state index contributed by atoms with van der Waals surface area (Å²) in [7, 11) is 10.5. The Labute approximate surface area is 658 Å². The average molecular weight is 1960 g/mol. The molecule has 7 aromatic heterocycles. The summed E-state index contributed by atoms with van der Waals surface area (Å²) in [6.45, 7) is 12.3. The minimum Gasteiger partial charge on any atom is -0.477 e. The van der Waals surface area contributed by atoms with Crippen LogP contribution in [-0.4, -0.2) is 162 Å². The molecule has 0 saturated carbocycles. The van der Waals surface area contributed by atoms with E-state index in [1.807, 2.05) is 39.0 Å². The quantitative estimate of drug-likeness (QED) is 0.0285. The number of amides is 3. The van der Waals surface area contributed by atoms with Gasteiger partial charge in [0.15, 0.2) is 11.5 Å². The SMILES string of the molecule is CC(=O)c1ncc(Br)cc1CO.CC(Cl)c1ncc(Br)cc1CCl.CC(O)c1ncc(Br)cc1CO.CCOC.CON(C)C(=O)c1ncc(Br)cc1C.CON(C)C(=O)c1ncc(Br)cc1CBr.CON(C)C(=O)c1ncc(Br)cc1COC(C)=O.Cc1cc(Br)cnc1C(=O)O.Cl. The first-order chi connectivity index (χ1) is 46.1. The fourth-order valence-electron chi connectivity index (χ4n) is 6.83. The number of aliphatic hydroxyl groups excluding tert-OH is 3. The molecule has 2 unspecified atom stereocenters. The number of halogens is 11. The number of carbonyl (C=O) groups is 6. The van der Waals surface area contributed by atoms with E-state index in [0.29, 0.717) is 60.7 Å². The van der Waals surface area contributed by atoms with Gasteiger partial charge in [-0.1, -0.05) is 15.9 Å². The van der Waals surface area contributed by atoms with Gasteiger partial charge in [-0.3, -0.25) is 53.4 Å². The van der Waals surface area contributed by atoms with Crippen LogP contribution >= 0.6 is 163 Å². The van der Waals surface area contributed by atoms with Gasteiger partial charge in [-0.15, -0.1) is 35.6 Å². The largest absolute Gasteiger partial charge is 0.477 e. The van der Waals surface area contributed by atoms with Crippen molar-refractivity contribution < 1.29 is 73.2 Å². The van der Waals surface area contributed by atoms with Gasteiger partial charge in [-0.2, -0.15) is 0 Å². The molecule has 0 spiro atoms. The lowest BCUT2D eigenvalue weighted by Gasteiger charge is -2.15. The minimum atomic E-state index is -0.991. The van der Waals surface area contributed by atoms with Crippen molar-refractivity contribution in [1.29, 1.82) is 0 Å². The number of hydroxylamine groups is 6. The molecule has 0 fully saturated rings. The predicted molar refractivity (Wildman–Crippen MR) is 407 cm³/mol. The summed E-state index contributed by atoms with van der Waals surface area (Å²) in [5.41, 5.74) is 7.78. The number of methoxy groups -OCH3 is 1. The molecule has 3 amide bonds. The third-order valence-electron chi connectivity index (χ3n) is 11.8. The second-order valence-corrected chi connectivity index (χ2v) is 27.0. The van der Waals surface area contributed by atoms with Crippen molar-refractivity contribution in [2.45, 2.75) is 91.0 Å². The predicted octanol–water partition coefficient (Wildman–Crippen LogP) is 15.4. The molecule has 0 aliphatic rings. The number of aryl methyl sites for hydroxylation is 2.